The van der Waals surface area contributed by atoms with Crippen LogP contribution in [0.4, 0.5) is 4.79 Å². The van der Waals surface area contributed by atoms with Crippen LogP contribution in [-0.2, 0) is 21.4 Å². The lowest BCUT2D eigenvalue weighted by atomic mass is 10.0. The van der Waals surface area contributed by atoms with Crippen molar-refractivity contribution in [3.8, 4) is 0 Å². The summed E-state index contributed by atoms with van der Waals surface area (Å²) in [6, 6.07) is 1.37. The van der Waals surface area contributed by atoms with Gasteiger partial charge in [-0.25, -0.2) is 4.79 Å². The van der Waals surface area contributed by atoms with Crippen molar-refractivity contribution in [2.75, 3.05) is 19.6 Å². The van der Waals surface area contributed by atoms with Crippen molar-refractivity contribution in [3.63, 3.8) is 0 Å². The molecule has 2 fully saturated rings. The van der Waals surface area contributed by atoms with Crippen molar-refractivity contribution in [1.29, 1.82) is 0 Å². The van der Waals surface area contributed by atoms with Gasteiger partial charge in [-0.3, -0.25) is 4.79 Å². The van der Waals surface area contributed by atoms with Crippen molar-refractivity contribution in [2.24, 2.45) is 0 Å². The molecule has 2 aliphatic heterocycles. The van der Waals surface area contributed by atoms with Crippen LogP contribution in [-0.4, -0.2) is 76.8 Å². The van der Waals surface area contributed by atoms with Crippen LogP contribution >= 0.6 is 11.5 Å². The molecule has 0 aromatic carbocycles. The summed E-state index contributed by atoms with van der Waals surface area (Å²) in [6.45, 7) is 10.3. The summed E-state index contributed by atoms with van der Waals surface area (Å²) in [5.41, 5.74) is -0.151. The second-order valence-electron chi connectivity index (χ2n) is 10.0. The Morgan fingerprint density at radius 1 is 1.15 bits per heavy atom. The number of nitrogens with one attached hydrogen (secondary N) is 2. The molecule has 10 nitrogen and oxygen atoms in total. The SMILES string of the molecule is CCc1cc(C(=O)N[C@H]2CCN(S(=O)(=O)N3CCC(NC(=O)OC(C)(C)C)CC3)[C@@H](C)C2)ns1. The third kappa shape index (κ3) is 6.89. The average molecular weight is 516 g/mol. The number of aryl methyl sites for hydroxylation is 1. The first-order valence-electron chi connectivity index (χ1n) is 11.9. The first-order valence-corrected chi connectivity index (χ1v) is 14.1. The van der Waals surface area contributed by atoms with Gasteiger partial charge in [-0.05, 0) is 77.4 Å². The Labute approximate surface area is 206 Å². The minimum Gasteiger partial charge on any atom is -0.444 e. The van der Waals surface area contributed by atoms with Crippen molar-refractivity contribution in [3.05, 3.63) is 16.6 Å². The van der Waals surface area contributed by atoms with E-state index in [1.807, 2.05) is 19.9 Å². The largest absolute Gasteiger partial charge is 0.444 e. The Morgan fingerprint density at radius 3 is 2.35 bits per heavy atom. The second kappa shape index (κ2) is 10.9. The lowest BCUT2D eigenvalue weighted by molar-refractivity contribution is 0.0489. The summed E-state index contributed by atoms with van der Waals surface area (Å²) in [6.07, 6.45) is 2.53. The van der Waals surface area contributed by atoms with Crippen LogP contribution in [0.25, 0.3) is 0 Å². The molecule has 2 saturated heterocycles. The van der Waals surface area contributed by atoms with Crippen LogP contribution in [0, 0.1) is 0 Å². The molecule has 192 valence electrons. The van der Waals surface area contributed by atoms with E-state index in [2.05, 4.69) is 15.0 Å². The van der Waals surface area contributed by atoms with Gasteiger partial charge in [-0.15, -0.1) is 0 Å². The van der Waals surface area contributed by atoms with Gasteiger partial charge >= 0.3 is 6.09 Å². The van der Waals surface area contributed by atoms with E-state index in [9.17, 15) is 18.0 Å². The highest BCUT2D eigenvalue weighted by Crippen LogP contribution is 2.25. The van der Waals surface area contributed by atoms with Gasteiger partial charge in [-0.2, -0.15) is 21.4 Å². The van der Waals surface area contributed by atoms with Gasteiger partial charge in [0.15, 0.2) is 0 Å². The maximum absolute atomic E-state index is 13.3. The fourth-order valence-corrected chi connectivity index (χ4v) is 6.81. The molecule has 2 N–H and O–H groups in total. The lowest BCUT2D eigenvalue weighted by Gasteiger charge is -2.41. The highest BCUT2D eigenvalue weighted by atomic mass is 32.2. The van der Waals surface area contributed by atoms with Gasteiger partial charge in [-0.1, -0.05) is 6.92 Å². The van der Waals surface area contributed by atoms with Crippen LogP contribution in [0.2, 0.25) is 0 Å². The lowest BCUT2D eigenvalue weighted by Crippen LogP contribution is -2.56. The Morgan fingerprint density at radius 2 is 1.79 bits per heavy atom. The van der Waals surface area contributed by atoms with Gasteiger partial charge in [0.05, 0.1) is 0 Å². The summed E-state index contributed by atoms with van der Waals surface area (Å²) < 4.78 is 39.1. The second-order valence-corrected chi connectivity index (χ2v) is 12.8. The topological polar surface area (TPSA) is 121 Å². The third-order valence-corrected chi connectivity index (χ3v) is 9.17. The Hall–Kier alpha value is -1.76. The van der Waals surface area contributed by atoms with Crippen molar-refractivity contribution in [2.45, 2.75) is 90.4 Å². The average Bonchev–Trinajstić information content (AvgIpc) is 3.22. The summed E-state index contributed by atoms with van der Waals surface area (Å²) in [5, 5.41) is 5.85. The van der Waals surface area contributed by atoms with Crippen LogP contribution in [0.15, 0.2) is 6.07 Å². The van der Waals surface area contributed by atoms with Crippen LogP contribution in [0.5, 0.6) is 0 Å². The van der Waals surface area contributed by atoms with E-state index in [4.69, 9.17) is 4.74 Å². The predicted octanol–water partition coefficient (Wildman–Crippen LogP) is 2.52. The van der Waals surface area contributed by atoms with Gasteiger partial charge in [0, 0.05) is 42.6 Å². The Kier molecular flexibility index (Phi) is 8.59. The summed E-state index contributed by atoms with van der Waals surface area (Å²) in [7, 11) is -3.62. The number of piperidine rings is 2. The highest BCUT2D eigenvalue weighted by molar-refractivity contribution is 7.86. The minimum absolute atomic E-state index is 0.0931. The molecule has 34 heavy (non-hydrogen) atoms. The number of amides is 2. The summed E-state index contributed by atoms with van der Waals surface area (Å²) in [4.78, 5) is 25.6. The third-order valence-electron chi connectivity index (χ3n) is 6.09. The van der Waals surface area contributed by atoms with Gasteiger partial charge in [0.1, 0.15) is 11.3 Å². The minimum atomic E-state index is -3.62. The molecule has 0 spiro atoms. The number of carbonyl (C=O) groups excluding carboxylic acids is 2. The molecule has 0 bridgehead atoms. The normalized spacial score (nSPS) is 23.4. The molecular weight excluding hydrogens is 478 g/mol. The summed E-state index contributed by atoms with van der Waals surface area (Å²) in [5.74, 6) is -0.205. The molecule has 1 aromatic rings. The monoisotopic (exact) mass is 515 g/mol. The zero-order chi connectivity index (χ0) is 25.1. The van der Waals surface area contributed by atoms with E-state index >= 15 is 0 Å². The number of nitrogens with zero attached hydrogens (tertiary/aromatic N) is 3. The number of ether oxygens (including phenoxy) is 1. The molecule has 0 unspecified atom stereocenters. The number of rotatable bonds is 6. The van der Waals surface area contributed by atoms with E-state index in [-0.39, 0.29) is 24.0 Å². The molecule has 1 aromatic heterocycles. The zero-order valence-corrected chi connectivity index (χ0v) is 22.3. The Balaban J connectivity index is 1.49. The molecule has 2 aliphatic rings. The van der Waals surface area contributed by atoms with Crippen LogP contribution in [0.3, 0.4) is 0 Å². The van der Waals surface area contributed by atoms with Crippen molar-refractivity contribution >= 4 is 33.7 Å². The number of aromatic nitrogens is 1. The number of alkyl carbamates (subject to hydrolysis) is 1. The molecule has 0 aliphatic carbocycles. The maximum Gasteiger partial charge on any atom is 0.407 e. The van der Waals surface area contributed by atoms with Gasteiger partial charge in [0.2, 0.25) is 0 Å². The molecular formula is C22H37N5O5S2. The van der Waals surface area contributed by atoms with Crippen molar-refractivity contribution < 1.29 is 22.7 Å². The maximum atomic E-state index is 13.3. The first kappa shape index (κ1) is 26.8. The standard InChI is InChI=1S/C22H37N5O5S2/c1-6-18-14-19(25-33-18)20(28)23-17-9-12-27(15(2)13-17)34(30,31)26-10-7-16(8-11-26)24-21(29)32-22(3,4)5/h14-17H,6-13H2,1-5H3,(H,23,28)(H,24,29)/t15-,17-/m0/s1. The molecule has 0 saturated carbocycles. The van der Waals surface area contributed by atoms with Gasteiger partial charge < -0.3 is 15.4 Å². The van der Waals surface area contributed by atoms with E-state index in [0.717, 1.165) is 11.3 Å². The van der Waals surface area contributed by atoms with E-state index in [1.165, 1.54) is 20.1 Å². The molecule has 2 atom stereocenters. The number of hydrogen-bond acceptors (Lipinski definition) is 7. The molecule has 2 amide bonds. The molecule has 12 heteroatoms. The first-order chi connectivity index (χ1) is 15.9. The van der Waals surface area contributed by atoms with E-state index < -0.39 is 21.9 Å². The number of hydrogen-bond donors (Lipinski definition) is 2. The highest BCUT2D eigenvalue weighted by Gasteiger charge is 2.39. The predicted molar refractivity (Wildman–Crippen MR) is 131 cm³/mol. The smallest absolute Gasteiger partial charge is 0.407 e. The van der Waals surface area contributed by atoms with E-state index in [0.29, 0.717) is 51.0 Å². The fraction of sp³-hybridized carbons (Fsp3) is 0.773. The van der Waals surface area contributed by atoms with Crippen molar-refractivity contribution in [1.82, 2.24) is 23.6 Å². The quantitative estimate of drug-likeness (QED) is 0.601. The molecule has 3 rings (SSSR count). The van der Waals surface area contributed by atoms with Crippen LogP contribution in [0.1, 0.15) is 75.7 Å². The zero-order valence-electron chi connectivity index (χ0n) is 20.7. The Bertz CT molecular complexity index is 967. The number of carbonyl (C=O) groups is 2. The molecule has 3 heterocycles. The van der Waals surface area contributed by atoms with Gasteiger partial charge in [0.25, 0.3) is 16.1 Å². The molecule has 0 radical (unpaired) electrons. The fourth-order valence-electron chi connectivity index (χ4n) is 4.32. The van der Waals surface area contributed by atoms with Crippen LogP contribution < -0.4 is 10.6 Å². The summed E-state index contributed by atoms with van der Waals surface area (Å²) >= 11 is 1.33. The van der Waals surface area contributed by atoms with E-state index in [1.54, 1.807) is 20.8 Å².